The average molecular weight is 453 g/mol. The largest absolute Gasteiger partial charge is 0.500 e. The third-order valence-electron chi connectivity index (χ3n) is 4.23. The number of halogens is 1. The minimum absolute atomic E-state index is 0.160. The van der Waals surface area contributed by atoms with Gasteiger partial charge in [-0.25, -0.2) is 8.57 Å². The zero-order valence-corrected chi connectivity index (χ0v) is 20.0. The topological polar surface area (TPSA) is 98.8 Å². The van der Waals surface area contributed by atoms with Gasteiger partial charge in [-0.05, 0) is 12.8 Å². The molecule has 0 aromatic rings. The minimum Gasteiger partial charge on any atom is -0.377 e. The molecule has 0 aliphatic rings. The molecule has 0 N–H and O–H groups in total. The van der Waals surface area contributed by atoms with Crippen molar-refractivity contribution in [2.24, 2.45) is 0 Å². The van der Waals surface area contributed by atoms with Crippen LogP contribution in [0.15, 0.2) is 0 Å². The molecule has 0 rings (SSSR count). The lowest BCUT2D eigenvalue weighted by molar-refractivity contribution is -0.0718. The molecule has 0 fully saturated rings. The molecule has 0 atom stereocenters. The molecule has 27 heavy (non-hydrogen) atoms. The average Bonchev–Trinajstić information content (AvgIpc) is 2.62. The monoisotopic (exact) mass is 452 g/mol. The normalized spacial score (nSPS) is 13.9. The van der Waals surface area contributed by atoms with Crippen LogP contribution in [0.4, 0.5) is 4.39 Å². The van der Waals surface area contributed by atoms with E-state index in [0.29, 0.717) is 12.1 Å². The molecule has 0 aromatic carbocycles. The Hall–Kier alpha value is 0.0338. The summed E-state index contributed by atoms with van der Waals surface area (Å²) < 4.78 is 74.8. The van der Waals surface area contributed by atoms with Crippen molar-refractivity contribution in [1.29, 1.82) is 0 Å². The number of alkyl halides is 1. The van der Waals surface area contributed by atoms with Crippen molar-refractivity contribution in [2.75, 3.05) is 48.9 Å². The fourth-order valence-corrected chi connectivity index (χ4v) is 6.88. The van der Waals surface area contributed by atoms with Crippen LogP contribution < -0.4 is 0 Å². The maximum absolute atomic E-state index is 15.2. The molecule has 0 spiro atoms. The first-order valence-electron chi connectivity index (χ1n) is 8.39. The molecule has 0 bridgehead atoms. The first-order valence-corrected chi connectivity index (χ1v) is 14.1. The van der Waals surface area contributed by atoms with E-state index in [1.807, 2.05) is 0 Å². The minimum atomic E-state index is -3.99. The molecule has 0 amide bonds. The van der Waals surface area contributed by atoms with E-state index in [-0.39, 0.29) is 25.7 Å². The summed E-state index contributed by atoms with van der Waals surface area (Å²) in [6.07, 6.45) is 1.02. The van der Waals surface area contributed by atoms with Crippen LogP contribution in [-0.2, 0) is 40.9 Å². The van der Waals surface area contributed by atoms with Crippen molar-refractivity contribution < 1.29 is 43.5 Å². The van der Waals surface area contributed by atoms with Gasteiger partial charge in [0, 0.05) is 67.6 Å². The van der Waals surface area contributed by atoms with Crippen LogP contribution in [0.5, 0.6) is 0 Å². The summed E-state index contributed by atoms with van der Waals surface area (Å²) in [6, 6.07) is 0.643. The van der Waals surface area contributed by atoms with Crippen molar-refractivity contribution in [3.63, 3.8) is 0 Å². The van der Waals surface area contributed by atoms with E-state index in [1.54, 1.807) is 0 Å². The van der Waals surface area contributed by atoms with Crippen LogP contribution in [-0.4, -0.2) is 80.8 Å². The summed E-state index contributed by atoms with van der Waals surface area (Å²) in [6.45, 7) is 0. The van der Waals surface area contributed by atoms with Crippen LogP contribution in [0.3, 0.4) is 0 Å². The third kappa shape index (κ3) is 9.38. The van der Waals surface area contributed by atoms with Gasteiger partial charge in [0.1, 0.15) is 0 Å². The first-order chi connectivity index (χ1) is 12.5. The number of hydrogen-bond donors (Lipinski definition) is 0. The smallest absolute Gasteiger partial charge is 0.377 e. The Morgan fingerprint density at radius 3 is 1.26 bits per heavy atom. The van der Waals surface area contributed by atoms with Gasteiger partial charge in [-0.2, -0.15) is 8.42 Å². The molecule has 0 aromatic heterocycles. The number of hydrogen-bond acceptors (Lipinski definition) is 9. The lowest BCUT2D eigenvalue weighted by Crippen LogP contribution is -2.43. The van der Waals surface area contributed by atoms with Crippen molar-refractivity contribution in [3.05, 3.63) is 0 Å². The Morgan fingerprint density at radius 1 is 0.741 bits per heavy atom. The zero-order valence-electron chi connectivity index (χ0n) is 17.2. The zero-order chi connectivity index (χ0) is 21.2. The van der Waals surface area contributed by atoms with Gasteiger partial charge in [0.15, 0.2) is 0 Å². The molecule has 0 aliphatic heterocycles. The van der Waals surface area contributed by atoms with Crippen LogP contribution in [0, 0.1) is 0 Å². The SMILES string of the molecule is CO[Si](CCCC(F)(CCC[Si](OC)(OC)OC)OS(C)(=O)=O)(OC)OC. The Labute approximate surface area is 164 Å². The molecular weight excluding hydrogens is 419 g/mol. The summed E-state index contributed by atoms with van der Waals surface area (Å²) >= 11 is 0. The maximum atomic E-state index is 15.2. The van der Waals surface area contributed by atoms with E-state index >= 15 is 4.39 Å². The highest BCUT2D eigenvalue weighted by Crippen LogP contribution is 2.32. The lowest BCUT2D eigenvalue weighted by Gasteiger charge is -2.29. The fraction of sp³-hybridized carbons (Fsp3) is 1.00. The Morgan fingerprint density at radius 2 is 1.04 bits per heavy atom. The van der Waals surface area contributed by atoms with Crippen LogP contribution in [0.2, 0.25) is 12.1 Å². The second kappa shape index (κ2) is 11.9. The summed E-state index contributed by atoms with van der Waals surface area (Å²) in [7, 11) is -0.999. The molecule has 0 unspecified atom stereocenters. The van der Waals surface area contributed by atoms with Gasteiger partial charge >= 0.3 is 17.6 Å². The first kappa shape index (κ1) is 27.0. The van der Waals surface area contributed by atoms with E-state index < -0.39 is 33.6 Å². The molecule has 0 radical (unpaired) electrons. The Kier molecular flexibility index (Phi) is 11.9. The predicted octanol–water partition coefficient (Wildman–Crippen LogP) is 1.95. The molecule has 0 saturated heterocycles. The van der Waals surface area contributed by atoms with Gasteiger partial charge in [-0.3, -0.25) is 0 Å². The van der Waals surface area contributed by atoms with Crippen molar-refractivity contribution >= 4 is 27.7 Å². The van der Waals surface area contributed by atoms with Gasteiger partial charge in [-0.1, -0.05) is 0 Å². The van der Waals surface area contributed by atoms with Crippen molar-refractivity contribution in [2.45, 2.75) is 43.6 Å². The Bertz CT molecular complexity index is 470. The van der Waals surface area contributed by atoms with E-state index in [9.17, 15) is 8.42 Å². The van der Waals surface area contributed by atoms with E-state index in [0.717, 1.165) is 6.26 Å². The van der Waals surface area contributed by atoms with Crippen LogP contribution >= 0.6 is 0 Å². The maximum Gasteiger partial charge on any atom is 0.500 e. The second-order valence-corrected chi connectivity index (χ2v) is 13.7. The molecule has 9 nitrogen and oxygen atoms in total. The Balaban J connectivity index is 5.01. The quantitative estimate of drug-likeness (QED) is 0.257. The van der Waals surface area contributed by atoms with Gasteiger partial charge in [0.2, 0.25) is 5.85 Å². The molecule has 164 valence electrons. The third-order valence-corrected chi connectivity index (χ3v) is 10.5. The standard InChI is InChI=1S/C14H33FO9SSi2/c1-18-26(19-2,20-3)12-8-10-14(15,24-25(7,16)17)11-9-13-27(21-4,22-5)23-6/h8-13H2,1-7H3. The fourth-order valence-electron chi connectivity index (χ4n) is 2.73. The second-order valence-electron chi connectivity index (χ2n) is 5.97. The predicted molar refractivity (Wildman–Crippen MR) is 101 cm³/mol. The van der Waals surface area contributed by atoms with E-state index in [4.69, 9.17) is 30.7 Å². The number of rotatable bonds is 16. The summed E-state index contributed by atoms with van der Waals surface area (Å²) in [5.41, 5.74) is 0. The summed E-state index contributed by atoms with van der Waals surface area (Å²) in [5, 5.41) is 0. The molecule has 0 saturated carbocycles. The van der Waals surface area contributed by atoms with Crippen molar-refractivity contribution in [1.82, 2.24) is 0 Å². The highest BCUT2D eigenvalue weighted by molar-refractivity contribution is 7.86. The lowest BCUT2D eigenvalue weighted by atomic mass is 10.1. The highest BCUT2D eigenvalue weighted by atomic mass is 32.2. The van der Waals surface area contributed by atoms with Gasteiger partial charge in [-0.15, -0.1) is 0 Å². The van der Waals surface area contributed by atoms with E-state index in [1.165, 1.54) is 42.7 Å². The van der Waals surface area contributed by atoms with Crippen LogP contribution in [0.1, 0.15) is 25.7 Å². The van der Waals surface area contributed by atoms with Gasteiger partial charge in [0.05, 0.1) is 6.26 Å². The van der Waals surface area contributed by atoms with Crippen LogP contribution in [0.25, 0.3) is 0 Å². The van der Waals surface area contributed by atoms with Gasteiger partial charge < -0.3 is 26.6 Å². The summed E-state index contributed by atoms with van der Waals surface area (Å²) in [4.78, 5) is 0. The highest BCUT2D eigenvalue weighted by Gasteiger charge is 2.42. The van der Waals surface area contributed by atoms with Gasteiger partial charge in [0.25, 0.3) is 10.1 Å². The van der Waals surface area contributed by atoms with E-state index in [2.05, 4.69) is 0 Å². The molecular formula is C14H33FO9SSi2. The molecule has 13 heteroatoms. The van der Waals surface area contributed by atoms with Crippen molar-refractivity contribution in [3.8, 4) is 0 Å². The molecule has 0 heterocycles. The molecule has 0 aliphatic carbocycles. The summed E-state index contributed by atoms with van der Waals surface area (Å²) in [5.74, 6) is -2.36.